The van der Waals surface area contributed by atoms with E-state index in [-0.39, 0.29) is 0 Å². The summed E-state index contributed by atoms with van der Waals surface area (Å²) in [5, 5.41) is 8.01. The molecule has 1 aromatic heterocycles. The first-order valence-corrected chi connectivity index (χ1v) is 5.96. The molecule has 0 radical (unpaired) electrons. The third-order valence-electron chi connectivity index (χ3n) is 2.33. The molecule has 0 spiro atoms. The Labute approximate surface area is 103 Å². The highest BCUT2D eigenvalue weighted by Gasteiger charge is 2.05. The van der Waals surface area contributed by atoms with Crippen LogP contribution in [-0.4, -0.2) is 21.5 Å². The van der Waals surface area contributed by atoms with Gasteiger partial charge in [-0.05, 0) is 43.7 Å². The van der Waals surface area contributed by atoms with Crippen LogP contribution in [0.2, 0.25) is 0 Å². The Balaban J connectivity index is 2.26. The molecule has 1 heterocycles. The first-order chi connectivity index (χ1) is 7.81. The Morgan fingerprint density at radius 3 is 2.69 bits per heavy atom. The average molecular weight is 281 g/mol. The van der Waals surface area contributed by atoms with Gasteiger partial charge in [0.2, 0.25) is 0 Å². The number of hydrogen-bond donors (Lipinski definition) is 1. The standard InChI is InChI=1S/C11H13BrN4/c12-9-3-5-10(6-4-9)16-11(2-1-7-13)8-14-15-16/h3-6,8H,1-2,7,13H2. The molecule has 4 nitrogen and oxygen atoms in total. The lowest BCUT2D eigenvalue weighted by atomic mass is 10.2. The molecule has 0 saturated carbocycles. The molecule has 0 aliphatic rings. The molecule has 16 heavy (non-hydrogen) atoms. The second kappa shape index (κ2) is 5.23. The van der Waals surface area contributed by atoms with Gasteiger partial charge in [0.15, 0.2) is 0 Å². The van der Waals surface area contributed by atoms with E-state index in [4.69, 9.17) is 5.73 Å². The lowest BCUT2D eigenvalue weighted by molar-refractivity contribution is 0.729. The summed E-state index contributed by atoms with van der Waals surface area (Å²) in [7, 11) is 0. The molecule has 2 aromatic rings. The average Bonchev–Trinajstić information content (AvgIpc) is 2.75. The van der Waals surface area contributed by atoms with Crippen LogP contribution in [0.15, 0.2) is 34.9 Å². The van der Waals surface area contributed by atoms with Crippen LogP contribution < -0.4 is 5.73 Å². The normalized spacial score (nSPS) is 10.6. The number of aromatic nitrogens is 3. The Morgan fingerprint density at radius 1 is 1.25 bits per heavy atom. The predicted molar refractivity (Wildman–Crippen MR) is 66.4 cm³/mol. The summed E-state index contributed by atoms with van der Waals surface area (Å²) in [6.45, 7) is 0.686. The van der Waals surface area contributed by atoms with Crippen LogP contribution in [0.5, 0.6) is 0 Å². The number of hydrogen-bond acceptors (Lipinski definition) is 3. The third kappa shape index (κ3) is 2.48. The van der Waals surface area contributed by atoms with Gasteiger partial charge in [-0.1, -0.05) is 21.1 Å². The molecule has 5 heteroatoms. The van der Waals surface area contributed by atoms with Crippen molar-refractivity contribution in [2.75, 3.05) is 6.54 Å². The third-order valence-corrected chi connectivity index (χ3v) is 2.86. The SMILES string of the molecule is NCCCc1cnnn1-c1ccc(Br)cc1. The van der Waals surface area contributed by atoms with Crippen molar-refractivity contribution in [3.05, 3.63) is 40.6 Å². The molecule has 0 amide bonds. The Hall–Kier alpha value is -1.20. The first-order valence-electron chi connectivity index (χ1n) is 5.17. The van der Waals surface area contributed by atoms with Crippen molar-refractivity contribution in [3.8, 4) is 5.69 Å². The van der Waals surface area contributed by atoms with Gasteiger partial charge in [0, 0.05) is 4.47 Å². The Morgan fingerprint density at radius 2 is 2.00 bits per heavy atom. The van der Waals surface area contributed by atoms with E-state index in [1.807, 2.05) is 28.9 Å². The van der Waals surface area contributed by atoms with Crippen LogP contribution in [0.3, 0.4) is 0 Å². The number of benzene rings is 1. The van der Waals surface area contributed by atoms with Crippen molar-refractivity contribution in [2.45, 2.75) is 12.8 Å². The molecule has 0 bridgehead atoms. The van der Waals surface area contributed by atoms with E-state index in [2.05, 4.69) is 26.2 Å². The van der Waals surface area contributed by atoms with E-state index < -0.39 is 0 Å². The number of rotatable bonds is 4. The summed E-state index contributed by atoms with van der Waals surface area (Å²) >= 11 is 3.41. The number of aryl methyl sites for hydroxylation is 1. The molecule has 2 rings (SSSR count). The van der Waals surface area contributed by atoms with Gasteiger partial charge >= 0.3 is 0 Å². The monoisotopic (exact) mass is 280 g/mol. The molecular weight excluding hydrogens is 268 g/mol. The second-order valence-corrected chi connectivity index (χ2v) is 4.42. The first kappa shape index (κ1) is 11.3. The molecular formula is C11H13BrN4. The summed E-state index contributed by atoms with van der Waals surface area (Å²) in [4.78, 5) is 0. The van der Waals surface area contributed by atoms with Crippen molar-refractivity contribution < 1.29 is 0 Å². The molecule has 2 N–H and O–H groups in total. The fourth-order valence-electron chi connectivity index (χ4n) is 1.51. The van der Waals surface area contributed by atoms with Crippen molar-refractivity contribution in [2.24, 2.45) is 5.73 Å². The molecule has 0 aliphatic carbocycles. The molecule has 84 valence electrons. The van der Waals surface area contributed by atoms with Crippen molar-refractivity contribution in [1.29, 1.82) is 0 Å². The Kier molecular flexibility index (Phi) is 3.69. The zero-order chi connectivity index (χ0) is 11.4. The molecule has 0 atom stereocenters. The smallest absolute Gasteiger partial charge is 0.0729 e. The Bertz CT molecular complexity index is 449. The summed E-state index contributed by atoms with van der Waals surface area (Å²) in [6, 6.07) is 7.99. The van der Waals surface area contributed by atoms with Crippen LogP contribution in [-0.2, 0) is 6.42 Å². The van der Waals surface area contributed by atoms with Gasteiger partial charge in [0.25, 0.3) is 0 Å². The zero-order valence-electron chi connectivity index (χ0n) is 8.81. The highest BCUT2D eigenvalue weighted by Crippen LogP contribution is 2.15. The van der Waals surface area contributed by atoms with Crippen LogP contribution in [0.25, 0.3) is 5.69 Å². The fourth-order valence-corrected chi connectivity index (χ4v) is 1.77. The summed E-state index contributed by atoms with van der Waals surface area (Å²) in [5.41, 5.74) is 7.61. The van der Waals surface area contributed by atoms with Gasteiger partial charge in [0.05, 0.1) is 17.6 Å². The zero-order valence-corrected chi connectivity index (χ0v) is 10.4. The molecule has 1 aromatic carbocycles. The lowest BCUT2D eigenvalue weighted by Crippen LogP contribution is -2.05. The fraction of sp³-hybridized carbons (Fsp3) is 0.273. The maximum atomic E-state index is 5.50. The van der Waals surface area contributed by atoms with Crippen LogP contribution in [0, 0.1) is 0 Å². The van der Waals surface area contributed by atoms with Crippen molar-refractivity contribution >= 4 is 15.9 Å². The van der Waals surface area contributed by atoms with E-state index >= 15 is 0 Å². The summed E-state index contributed by atoms with van der Waals surface area (Å²) in [5.74, 6) is 0. The van der Waals surface area contributed by atoms with Crippen molar-refractivity contribution in [3.63, 3.8) is 0 Å². The van der Waals surface area contributed by atoms with Crippen LogP contribution in [0.1, 0.15) is 12.1 Å². The maximum Gasteiger partial charge on any atom is 0.0729 e. The summed E-state index contributed by atoms with van der Waals surface area (Å²) in [6.07, 6.45) is 3.64. The lowest BCUT2D eigenvalue weighted by Gasteiger charge is -2.05. The van der Waals surface area contributed by atoms with Gasteiger partial charge in [-0.3, -0.25) is 0 Å². The highest BCUT2D eigenvalue weighted by atomic mass is 79.9. The molecule has 0 saturated heterocycles. The number of nitrogens with zero attached hydrogens (tertiary/aromatic N) is 3. The minimum Gasteiger partial charge on any atom is -0.330 e. The minimum atomic E-state index is 0.686. The van der Waals surface area contributed by atoms with Gasteiger partial charge in [-0.2, -0.15) is 0 Å². The number of halogens is 1. The highest BCUT2D eigenvalue weighted by molar-refractivity contribution is 9.10. The molecule has 0 aliphatic heterocycles. The van der Waals surface area contributed by atoms with Crippen LogP contribution >= 0.6 is 15.9 Å². The van der Waals surface area contributed by atoms with Crippen LogP contribution in [0.4, 0.5) is 0 Å². The number of nitrogens with two attached hydrogens (primary N) is 1. The van der Waals surface area contributed by atoms with Gasteiger partial charge in [-0.15, -0.1) is 5.10 Å². The topological polar surface area (TPSA) is 56.7 Å². The second-order valence-electron chi connectivity index (χ2n) is 3.51. The van der Waals surface area contributed by atoms with E-state index in [1.165, 1.54) is 0 Å². The van der Waals surface area contributed by atoms with Gasteiger partial charge in [-0.25, -0.2) is 4.68 Å². The van der Waals surface area contributed by atoms with E-state index in [9.17, 15) is 0 Å². The van der Waals surface area contributed by atoms with Gasteiger partial charge in [0.1, 0.15) is 0 Å². The maximum absolute atomic E-state index is 5.50. The molecule has 0 unspecified atom stereocenters. The predicted octanol–water partition coefficient (Wildman–Crippen LogP) is 1.92. The largest absolute Gasteiger partial charge is 0.330 e. The van der Waals surface area contributed by atoms with Gasteiger partial charge < -0.3 is 5.73 Å². The quantitative estimate of drug-likeness (QED) is 0.931. The van der Waals surface area contributed by atoms with E-state index in [1.54, 1.807) is 6.20 Å². The minimum absolute atomic E-state index is 0.686. The molecule has 0 fully saturated rings. The van der Waals surface area contributed by atoms with E-state index in [0.29, 0.717) is 6.54 Å². The van der Waals surface area contributed by atoms with E-state index in [0.717, 1.165) is 28.7 Å². The summed E-state index contributed by atoms with van der Waals surface area (Å²) < 4.78 is 2.90. The van der Waals surface area contributed by atoms with Crippen molar-refractivity contribution in [1.82, 2.24) is 15.0 Å².